The summed E-state index contributed by atoms with van der Waals surface area (Å²) in [6.07, 6.45) is 4.30. The van der Waals surface area contributed by atoms with E-state index in [0.717, 1.165) is 17.5 Å². The predicted octanol–water partition coefficient (Wildman–Crippen LogP) is 3.66. The molecule has 0 aliphatic rings. The van der Waals surface area contributed by atoms with E-state index in [1.165, 1.54) is 12.1 Å². The fourth-order valence-corrected chi connectivity index (χ4v) is 2.68. The molecule has 23 heavy (non-hydrogen) atoms. The lowest BCUT2D eigenvalue weighted by molar-refractivity contribution is -0.132. The van der Waals surface area contributed by atoms with E-state index >= 15 is 0 Å². The SMILES string of the molecule is CC(C)C(C(=O)N(C)CCc1ccncc1)c1ccc(F)cc1. The van der Waals surface area contributed by atoms with Gasteiger partial charge < -0.3 is 4.90 Å². The fraction of sp³-hybridized carbons (Fsp3) is 0.368. The minimum absolute atomic E-state index is 0.0701. The van der Waals surface area contributed by atoms with Crippen LogP contribution in [-0.4, -0.2) is 29.4 Å². The van der Waals surface area contributed by atoms with Crippen molar-refractivity contribution in [3.63, 3.8) is 0 Å². The van der Waals surface area contributed by atoms with Crippen LogP contribution in [-0.2, 0) is 11.2 Å². The van der Waals surface area contributed by atoms with Crippen LogP contribution in [0.4, 0.5) is 4.39 Å². The molecule has 3 nitrogen and oxygen atoms in total. The average molecular weight is 314 g/mol. The van der Waals surface area contributed by atoms with Crippen LogP contribution in [0.25, 0.3) is 0 Å². The molecule has 0 spiro atoms. The molecule has 1 aromatic heterocycles. The molecule has 2 aromatic rings. The first-order valence-electron chi connectivity index (χ1n) is 7.88. The fourth-order valence-electron chi connectivity index (χ4n) is 2.68. The van der Waals surface area contributed by atoms with Crippen LogP contribution in [0.15, 0.2) is 48.8 Å². The van der Waals surface area contributed by atoms with Gasteiger partial charge in [-0.3, -0.25) is 9.78 Å². The number of carbonyl (C=O) groups excluding carboxylic acids is 1. The third-order valence-electron chi connectivity index (χ3n) is 4.02. The Hall–Kier alpha value is -2.23. The first-order valence-corrected chi connectivity index (χ1v) is 7.88. The van der Waals surface area contributed by atoms with Gasteiger partial charge >= 0.3 is 0 Å². The minimum atomic E-state index is -0.283. The third-order valence-corrected chi connectivity index (χ3v) is 4.02. The standard InChI is InChI=1S/C19H23FN2O/c1-14(2)18(16-4-6-17(20)7-5-16)19(23)22(3)13-10-15-8-11-21-12-9-15/h4-9,11-12,14,18H,10,13H2,1-3H3. The Kier molecular flexibility index (Phi) is 5.85. The molecule has 122 valence electrons. The van der Waals surface area contributed by atoms with Crippen molar-refractivity contribution >= 4 is 5.91 Å². The number of amides is 1. The normalized spacial score (nSPS) is 12.2. The van der Waals surface area contributed by atoms with E-state index in [1.807, 2.05) is 33.0 Å². The largest absolute Gasteiger partial charge is 0.345 e. The molecule has 0 aliphatic heterocycles. The zero-order chi connectivity index (χ0) is 16.8. The summed E-state index contributed by atoms with van der Waals surface area (Å²) in [5.41, 5.74) is 2.02. The van der Waals surface area contributed by atoms with E-state index in [4.69, 9.17) is 0 Å². The van der Waals surface area contributed by atoms with Gasteiger partial charge in [-0.15, -0.1) is 0 Å². The molecule has 0 saturated heterocycles. The van der Waals surface area contributed by atoms with Crippen molar-refractivity contribution in [3.8, 4) is 0 Å². The summed E-state index contributed by atoms with van der Waals surface area (Å²) in [6.45, 7) is 4.68. The molecule has 1 amide bonds. The second-order valence-corrected chi connectivity index (χ2v) is 6.14. The number of nitrogens with zero attached hydrogens (tertiary/aromatic N) is 2. The molecule has 0 N–H and O–H groups in total. The van der Waals surface area contributed by atoms with Crippen molar-refractivity contribution in [2.45, 2.75) is 26.2 Å². The van der Waals surface area contributed by atoms with E-state index < -0.39 is 0 Å². The van der Waals surface area contributed by atoms with E-state index in [0.29, 0.717) is 6.54 Å². The molecule has 0 aliphatic carbocycles. The van der Waals surface area contributed by atoms with Crippen LogP contribution in [0.2, 0.25) is 0 Å². The first kappa shape index (κ1) is 17.1. The van der Waals surface area contributed by atoms with Crippen LogP contribution in [0.5, 0.6) is 0 Å². The van der Waals surface area contributed by atoms with E-state index in [1.54, 1.807) is 29.4 Å². The number of likely N-dealkylation sites (N-methyl/N-ethyl adjacent to an activating group) is 1. The van der Waals surface area contributed by atoms with Crippen LogP contribution in [0.3, 0.4) is 0 Å². The van der Waals surface area contributed by atoms with Gasteiger partial charge in [-0.2, -0.15) is 0 Å². The monoisotopic (exact) mass is 314 g/mol. The molecule has 1 atom stereocenters. The van der Waals surface area contributed by atoms with E-state index in [2.05, 4.69) is 4.98 Å². The number of benzene rings is 1. The van der Waals surface area contributed by atoms with Crippen LogP contribution in [0.1, 0.15) is 30.9 Å². The van der Waals surface area contributed by atoms with Crippen molar-refractivity contribution in [1.29, 1.82) is 0 Å². The molecule has 1 aromatic carbocycles. The van der Waals surface area contributed by atoms with Crippen molar-refractivity contribution < 1.29 is 9.18 Å². The maximum Gasteiger partial charge on any atom is 0.230 e. The highest BCUT2D eigenvalue weighted by atomic mass is 19.1. The Labute approximate surface area is 137 Å². The van der Waals surface area contributed by atoms with Gasteiger partial charge in [-0.05, 0) is 47.7 Å². The highest BCUT2D eigenvalue weighted by Gasteiger charge is 2.26. The highest BCUT2D eigenvalue weighted by molar-refractivity contribution is 5.83. The van der Waals surface area contributed by atoms with Crippen LogP contribution in [0, 0.1) is 11.7 Å². The quantitative estimate of drug-likeness (QED) is 0.815. The maximum absolute atomic E-state index is 13.1. The van der Waals surface area contributed by atoms with Gasteiger partial charge in [0.25, 0.3) is 0 Å². The molecule has 4 heteroatoms. The number of aromatic nitrogens is 1. The Morgan fingerprint density at radius 1 is 1.13 bits per heavy atom. The summed E-state index contributed by atoms with van der Waals surface area (Å²) in [5.74, 6) is -0.315. The summed E-state index contributed by atoms with van der Waals surface area (Å²) < 4.78 is 13.1. The molecule has 0 saturated carbocycles. The summed E-state index contributed by atoms with van der Waals surface area (Å²) in [7, 11) is 1.82. The second-order valence-electron chi connectivity index (χ2n) is 6.14. The van der Waals surface area contributed by atoms with Crippen LogP contribution >= 0.6 is 0 Å². The Morgan fingerprint density at radius 3 is 2.30 bits per heavy atom. The number of hydrogen-bond acceptors (Lipinski definition) is 2. The Balaban J connectivity index is 2.06. The lowest BCUT2D eigenvalue weighted by Gasteiger charge is -2.26. The summed E-state index contributed by atoms with van der Waals surface area (Å²) in [4.78, 5) is 18.6. The lowest BCUT2D eigenvalue weighted by atomic mass is 9.87. The smallest absolute Gasteiger partial charge is 0.230 e. The van der Waals surface area contributed by atoms with Gasteiger partial charge in [-0.1, -0.05) is 26.0 Å². The van der Waals surface area contributed by atoms with Crippen molar-refractivity contribution in [3.05, 3.63) is 65.7 Å². The molecule has 0 bridgehead atoms. The minimum Gasteiger partial charge on any atom is -0.345 e. The van der Waals surface area contributed by atoms with Gasteiger partial charge in [0.1, 0.15) is 5.82 Å². The molecule has 1 heterocycles. The average Bonchev–Trinajstić information content (AvgIpc) is 2.55. The zero-order valence-electron chi connectivity index (χ0n) is 13.9. The van der Waals surface area contributed by atoms with E-state index in [9.17, 15) is 9.18 Å². The number of halogens is 1. The third kappa shape index (κ3) is 4.62. The lowest BCUT2D eigenvalue weighted by Crippen LogP contribution is -2.35. The zero-order valence-corrected chi connectivity index (χ0v) is 13.9. The molecule has 0 radical (unpaired) electrons. The van der Waals surface area contributed by atoms with Crippen molar-refractivity contribution in [1.82, 2.24) is 9.88 Å². The predicted molar refractivity (Wildman–Crippen MR) is 89.6 cm³/mol. The summed E-state index contributed by atoms with van der Waals surface area (Å²) >= 11 is 0. The summed E-state index contributed by atoms with van der Waals surface area (Å²) in [5, 5.41) is 0. The molecule has 0 fully saturated rings. The number of rotatable bonds is 6. The number of hydrogen-bond donors (Lipinski definition) is 0. The highest BCUT2D eigenvalue weighted by Crippen LogP contribution is 2.26. The second kappa shape index (κ2) is 7.86. The van der Waals surface area contributed by atoms with Crippen molar-refractivity contribution in [2.75, 3.05) is 13.6 Å². The first-order chi connectivity index (χ1) is 11.0. The molecule has 2 rings (SSSR count). The molecule has 1 unspecified atom stereocenters. The van der Waals surface area contributed by atoms with Gasteiger partial charge in [-0.25, -0.2) is 4.39 Å². The number of carbonyl (C=O) groups is 1. The maximum atomic E-state index is 13.1. The summed E-state index contributed by atoms with van der Waals surface area (Å²) in [6, 6.07) is 10.1. The van der Waals surface area contributed by atoms with Gasteiger partial charge in [0.15, 0.2) is 0 Å². The van der Waals surface area contributed by atoms with Crippen molar-refractivity contribution in [2.24, 2.45) is 5.92 Å². The van der Waals surface area contributed by atoms with E-state index in [-0.39, 0.29) is 23.6 Å². The topological polar surface area (TPSA) is 33.2 Å². The Bertz CT molecular complexity index is 626. The van der Waals surface area contributed by atoms with Gasteiger partial charge in [0.05, 0.1) is 5.92 Å². The molecular weight excluding hydrogens is 291 g/mol. The van der Waals surface area contributed by atoms with Crippen LogP contribution < -0.4 is 0 Å². The van der Waals surface area contributed by atoms with Gasteiger partial charge in [0.2, 0.25) is 5.91 Å². The van der Waals surface area contributed by atoms with Gasteiger partial charge in [0, 0.05) is 26.0 Å². The Morgan fingerprint density at radius 2 is 1.74 bits per heavy atom. The number of pyridine rings is 1. The molecular formula is C19H23FN2O.